The molecule has 0 saturated heterocycles. The quantitative estimate of drug-likeness (QED) is 0.205. The minimum Gasteiger partial charge on any atom is -0.504 e. The molecule has 0 spiro atoms. The summed E-state index contributed by atoms with van der Waals surface area (Å²) < 4.78 is 6.06. The fraction of sp³-hybridized carbons (Fsp3) is 0.519. The molecule has 0 aromatic heterocycles. The predicted octanol–water partition coefficient (Wildman–Crippen LogP) is 8.27. The monoisotopic (exact) mass is 493 g/mol. The third kappa shape index (κ3) is 8.75. The van der Waals surface area contributed by atoms with Crippen molar-refractivity contribution in [2.24, 2.45) is 0 Å². The van der Waals surface area contributed by atoms with E-state index in [9.17, 15) is 9.90 Å². The van der Waals surface area contributed by atoms with E-state index in [1.807, 2.05) is 0 Å². The van der Waals surface area contributed by atoms with Crippen LogP contribution in [0.3, 0.4) is 0 Å². The number of anilines is 1. The maximum atomic E-state index is 12.3. The number of carbonyl (C=O) groups is 1. The minimum absolute atomic E-state index is 0.148. The molecule has 4 nitrogen and oxygen atoms in total. The Bertz CT molecular complexity index is 915. The van der Waals surface area contributed by atoms with Crippen LogP contribution in [0.2, 0.25) is 10.0 Å². The van der Waals surface area contributed by atoms with Crippen molar-refractivity contribution in [1.82, 2.24) is 0 Å². The molecule has 0 fully saturated rings. The number of halogens is 2. The molecule has 2 aromatic rings. The van der Waals surface area contributed by atoms with Gasteiger partial charge in [0, 0.05) is 11.4 Å². The van der Waals surface area contributed by atoms with Crippen molar-refractivity contribution < 1.29 is 14.6 Å². The number of hydrogen-bond acceptors (Lipinski definition) is 3. The van der Waals surface area contributed by atoms with Gasteiger partial charge in [0.15, 0.2) is 5.75 Å². The molecule has 0 heterocycles. The third-order valence-electron chi connectivity index (χ3n) is 5.74. The Labute approximate surface area is 208 Å². The van der Waals surface area contributed by atoms with Crippen LogP contribution < -0.4 is 10.1 Å². The van der Waals surface area contributed by atoms with Gasteiger partial charge in [0.1, 0.15) is 5.75 Å². The lowest BCUT2D eigenvalue weighted by Crippen LogP contribution is -2.13. The first kappa shape index (κ1) is 27.3. The number of aromatic hydroxyl groups is 1. The number of benzene rings is 2. The Morgan fingerprint density at radius 3 is 2.39 bits per heavy atom. The van der Waals surface area contributed by atoms with Gasteiger partial charge in [-0.15, -0.1) is 0 Å². The van der Waals surface area contributed by atoms with Crippen LogP contribution in [0.15, 0.2) is 24.3 Å². The Hall–Kier alpha value is -1.91. The highest BCUT2D eigenvalue weighted by Gasteiger charge is 2.14. The summed E-state index contributed by atoms with van der Waals surface area (Å²) >= 11 is 12.2. The van der Waals surface area contributed by atoms with E-state index in [-0.39, 0.29) is 28.8 Å². The molecule has 0 aliphatic heterocycles. The van der Waals surface area contributed by atoms with E-state index in [0.29, 0.717) is 23.6 Å². The molecule has 0 bridgehead atoms. The zero-order valence-electron chi connectivity index (χ0n) is 20.1. The average Bonchev–Trinajstić information content (AvgIpc) is 2.80. The summed E-state index contributed by atoms with van der Waals surface area (Å²) in [6.07, 6.45) is 10.2. The zero-order chi connectivity index (χ0) is 24.2. The van der Waals surface area contributed by atoms with Crippen molar-refractivity contribution in [2.75, 3.05) is 11.9 Å². The second-order valence-electron chi connectivity index (χ2n) is 8.55. The molecule has 0 radical (unpaired) electrons. The molecular formula is C27H37Cl2NO3. The molecular weight excluding hydrogens is 457 g/mol. The molecule has 0 saturated carbocycles. The van der Waals surface area contributed by atoms with E-state index in [4.69, 9.17) is 27.9 Å². The molecule has 1 amide bonds. The number of unbranched alkanes of at least 4 members (excludes halogenated alkanes) is 4. The van der Waals surface area contributed by atoms with Crippen molar-refractivity contribution in [2.45, 2.75) is 85.0 Å². The van der Waals surface area contributed by atoms with Gasteiger partial charge in [0.2, 0.25) is 5.91 Å². The fourth-order valence-corrected chi connectivity index (χ4v) is 4.15. The van der Waals surface area contributed by atoms with E-state index in [0.717, 1.165) is 25.0 Å². The molecule has 182 valence electrons. The van der Waals surface area contributed by atoms with Crippen LogP contribution in [0.25, 0.3) is 0 Å². The lowest BCUT2D eigenvalue weighted by Gasteiger charge is -2.14. The molecule has 2 aromatic carbocycles. The van der Waals surface area contributed by atoms with Gasteiger partial charge in [-0.2, -0.15) is 0 Å². The summed E-state index contributed by atoms with van der Waals surface area (Å²) in [6, 6.07) is 8.05. The number of phenolic OH excluding ortho intramolecular Hbond substituents is 1. The van der Waals surface area contributed by atoms with Gasteiger partial charge < -0.3 is 15.2 Å². The molecule has 2 N–H and O–H groups in total. The summed E-state index contributed by atoms with van der Waals surface area (Å²) in [5.74, 6) is 0.527. The number of nitrogens with one attached hydrogen (secondary N) is 1. The summed E-state index contributed by atoms with van der Waals surface area (Å²) in [5.41, 5.74) is 3.43. The SMILES string of the molecule is CCCCCc1ccc(OCCCC(=O)Nc2cc(Cl)c(C)c(Cl)c2O)c(CCCCC)c1. The number of carbonyl (C=O) groups excluding carboxylic acids is 1. The molecule has 0 aliphatic rings. The number of aryl methyl sites for hydroxylation is 2. The van der Waals surface area contributed by atoms with Crippen LogP contribution >= 0.6 is 23.2 Å². The highest BCUT2D eigenvalue weighted by atomic mass is 35.5. The van der Waals surface area contributed by atoms with Crippen LogP contribution in [-0.2, 0) is 17.6 Å². The van der Waals surface area contributed by atoms with Crippen LogP contribution in [0.1, 0.15) is 81.9 Å². The second-order valence-corrected chi connectivity index (χ2v) is 9.34. The van der Waals surface area contributed by atoms with Crippen LogP contribution in [-0.4, -0.2) is 17.6 Å². The highest BCUT2D eigenvalue weighted by Crippen LogP contribution is 2.38. The largest absolute Gasteiger partial charge is 0.504 e. The van der Waals surface area contributed by atoms with Crippen molar-refractivity contribution in [3.8, 4) is 11.5 Å². The van der Waals surface area contributed by atoms with Crippen molar-refractivity contribution in [3.05, 3.63) is 51.0 Å². The summed E-state index contributed by atoms with van der Waals surface area (Å²) in [7, 11) is 0. The van der Waals surface area contributed by atoms with Gasteiger partial charge in [-0.3, -0.25) is 4.79 Å². The number of hydrogen-bond donors (Lipinski definition) is 2. The number of rotatable bonds is 14. The molecule has 0 unspecified atom stereocenters. The smallest absolute Gasteiger partial charge is 0.224 e. The fourth-order valence-electron chi connectivity index (χ4n) is 3.70. The third-order valence-corrected chi connectivity index (χ3v) is 6.60. The highest BCUT2D eigenvalue weighted by molar-refractivity contribution is 6.37. The minimum atomic E-state index is -0.223. The average molecular weight is 495 g/mol. The predicted molar refractivity (Wildman–Crippen MR) is 139 cm³/mol. The Balaban J connectivity index is 1.90. The van der Waals surface area contributed by atoms with E-state index < -0.39 is 0 Å². The Morgan fingerprint density at radius 2 is 1.70 bits per heavy atom. The van der Waals surface area contributed by atoms with Crippen LogP contribution in [0.4, 0.5) is 5.69 Å². The summed E-state index contributed by atoms with van der Waals surface area (Å²) in [5, 5.41) is 13.4. The first-order valence-electron chi connectivity index (χ1n) is 12.1. The molecule has 0 aliphatic carbocycles. The Kier molecular flexibility index (Phi) is 11.9. The maximum Gasteiger partial charge on any atom is 0.224 e. The standard InChI is InChI=1S/C27H37Cl2NO3/c1-4-6-8-11-20-14-15-24(21(17-20)12-9-7-5-2)33-16-10-13-25(31)30-23-18-22(28)19(3)26(29)27(23)32/h14-15,17-18,32H,4-13,16H2,1-3H3,(H,30,31). The lowest BCUT2D eigenvalue weighted by atomic mass is 10.00. The van der Waals surface area contributed by atoms with Crippen LogP contribution in [0.5, 0.6) is 11.5 Å². The van der Waals surface area contributed by atoms with E-state index in [2.05, 4.69) is 37.4 Å². The first-order valence-corrected chi connectivity index (χ1v) is 12.8. The van der Waals surface area contributed by atoms with E-state index in [1.165, 1.54) is 49.3 Å². The molecule has 33 heavy (non-hydrogen) atoms. The first-order chi connectivity index (χ1) is 15.9. The summed E-state index contributed by atoms with van der Waals surface area (Å²) in [4.78, 5) is 12.3. The zero-order valence-corrected chi connectivity index (χ0v) is 21.6. The van der Waals surface area contributed by atoms with Gasteiger partial charge in [0.25, 0.3) is 0 Å². The van der Waals surface area contributed by atoms with Crippen LogP contribution in [0, 0.1) is 6.92 Å². The second kappa shape index (κ2) is 14.4. The van der Waals surface area contributed by atoms with Gasteiger partial charge in [-0.1, -0.05) is 74.9 Å². The number of amides is 1. The van der Waals surface area contributed by atoms with Crippen molar-refractivity contribution in [1.29, 1.82) is 0 Å². The summed E-state index contributed by atoms with van der Waals surface area (Å²) in [6.45, 7) is 6.59. The lowest BCUT2D eigenvalue weighted by molar-refractivity contribution is -0.116. The van der Waals surface area contributed by atoms with E-state index in [1.54, 1.807) is 6.92 Å². The number of ether oxygens (including phenoxy) is 1. The van der Waals surface area contributed by atoms with Gasteiger partial charge >= 0.3 is 0 Å². The van der Waals surface area contributed by atoms with Crippen molar-refractivity contribution >= 4 is 34.8 Å². The van der Waals surface area contributed by atoms with Gasteiger partial charge in [-0.05, 0) is 67.9 Å². The van der Waals surface area contributed by atoms with Gasteiger partial charge in [0.05, 0.1) is 17.3 Å². The normalized spacial score (nSPS) is 10.9. The molecule has 0 atom stereocenters. The molecule has 2 rings (SSSR count). The number of phenols is 1. The maximum absolute atomic E-state index is 12.3. The van der Waals surface area contributed by atoms with E-state index >= 15 is 0 Å². The molecule has 6 heteroatoms. The topological polar surface area (TPSA) is 58.6 Å². The van der Waals surface area contributed by atoms with Crippen molar-refractivity contribution in [3.63, 3.8) is 0 Å². The van der Waals surface area contributed by atoms with Gasteiger partial charge in [-0.25, -0.2) is 0 Å². The Morgan fingerprint density at radius 1 is 1.00 bits per heavy atom.